The zero-order chi connectivity index (χ0) is 23.6. The molecule has 168 valence electrons. The minimum absolute atomic E-state index is 0.0105. The van der Waals surface area contributed by atoms with E-state index in [9.17, 15) is 26.4 Å². The van der Waals surface area contributed by atoms with Gasteiger partial charge in [-0.2, -0.15) is 8.42 Å². The maximum absolute atomic E-state index is 12.6. The number of hydrogen-bond acceptors (Lipinski definition) is 9. The van der Waals surface area contributed by atoms with Gasteiger partial charge in [-0.25, -0.2) is 18.5 Å². The van der Waals surface area contributed by atoms with E-state index < -0.39 is 31.7 Å². The number of nitrogens with one attached hydrogen (secondary N) is 2. The van der Waals surface area contributed by atoms with Crippen molar-refractivity contribution >= 4 is 66.3 Å². The van der Waals surface area contributed by atoms with E-state index in [1.165, 1.54) is 13.0 Å². The van der Waals surface area contributed by atoms with E-state index in [0.29, 0.717) is 11.3 Å². The minimum atomic E-state index is -4.10. The van der Waals surface area contributed by atoms with E-state index in [0.717, 1.165) is 29.5 Å². The smallest absolute Gasteiger partial charge is 0.316 e. The number of aryl methyl sites for hydroxylation is 1. The molecule has 1 heterocycles. The van der Waals surface area contributed by atoms with Gasteiger partial charge >= 0.3 is 10.5 Å². The second kappa shape index (κ2) is 9.20. The third-order valence-corrected chi connectivity index (χ3v) is 6.55. The number of benzene rings is 2. The Morgan fingerprint density at radius 2 is 1.91 bits per heavy atom. The van der Waals surface area contributed by atoms with Gasteiger partial charge in [-0.05, 0) is 36.8 Å². The van der Waals surface area contributed by atoms with E-state index in [1.54, 1.807) is 18.2 Å². The summed E-state index contributed by atoms with van der Waals surface area (Å²) < 4.78 is 48.6. The number of amidine groups is 1. The van der Waals surface area contributed by atoms with Crippen LogP contribution >= 0.6 is 11.8 Å². The number of amides is 2. The molecule has 1 aliphatic rings. The molecule has 4 N–H and O–H groups in total. The van der Waals surface area contributed by atoms with Gasteiger partial charge in [0.05, 0.1) is 10.6 Å². The highest BCUT2D eigenvalue weighted by molar-refractivity contribution is 8.15. The molecule has 0 aliphatic carbocycles. The molecule has 32 heavy (non-hydrogen) atoms. The number of anilines is 1. The molecule has 1 atom stereocenters. The average molecular weight is 496 g/mol. The Bertz CT molecular complexity index is 1390. The first kappa shape index (κ1) is 23.6. The zero-order valence-electron chi connectivity index (χ0n) is 16.7. The van der Waals surface area contributed by atoms with Crippen molar-refractivity contribution in [2.45, 2.75) is 24.0 Å². The zero-order valence-corrected chi connectivity index (χ0v) is 19.1. The molecular formula is C18H17N5O6S3. The van der Waals surface area contributed by atoms with E-state index in [-0.39, 0.29) is 27.3 Å². The second-order valence-electron chi connectivity index (χ2n) is 6.68. The number of sulfonamides is 1. The summed E-state index contributed by atoms with van der Waals surface area (Å²) in [7, 11) is -6.98. The fourth-order valence-electron chi connectivity index (χ4n) is 2.86. The molecule has 1 unspecified atom stereocenters. The summed E-state index contributed by atoms with van der Waals surface area (Å²) in [6, 6.07) is 8.61. The predicted molar refractivity (Wildman–Crippen MR) is 120 cm³/mol. The highest BCUT2D eigenvalue weighted by atomic mass is 32.2. The number of carbonyl (C=O) groups is 2. The number of hydrogen-bond donors (Lipinski definition) is 3. The fourth-order valence-corrected chi connectivity index (χ4v) is 4.73. The Kier molecular flexibility index (Phi) is 6.78. The van der Waals surface area contributed by atoms with Crippen LogP contribution < -0.4 is 15.8 Å². The molecule has 0 saturated carbocycles. The first-order chi connectivity index (χ1) is 14.9. The fraction of sp³-hybridized carbons (Fsp3) is 0.167. The van der Waals surface area contributed by atoms with Crippen molar-refractivity contribution in [2.75, 3.05) is 5.32 Å². The van der Waals surface area contributed by atoms with Crippen LogP contribution in [-0.4, -0.2) is 33.8 Å². The molecular weight excluding hydrogens is 478 g/mol. The van der Waals surface area contributed by atoms with Gasteiger partial charge < -0.3 is 10.6 Å². The Labute approximate surface area is 189 Å². The number of primary sulfonamides is 1. The monoisotopic (exact) mass is 495 g/mol. The standard InChI is InChI=1S/C18H17N5O6S3/c1-9-3-5-13(20-10(2)24)12(7-9)16-17(25)22-18(30-16)21-14-6-4-11(32(19,28)29)8-15(14)23-31(26)27/h3-8,16H,1-2H3,(H,20,24)(H2,19,28,29)(H,21,22,25). The van der Waals surface area contributed by atoms with Crippen LogP contribution in [0.5, 0.6) is 0 Å². The van der Waals surface area contributed by atoms with Gasteiger partial charge in [0.2, 0.25) is 21.8 Å². The largest absolute Gasteiger partial charge is 0.326 e. The molecule has 1 fully saturated rings. The van der Waals surface area contributed by atoms with Crippen LogP contribution in [0.25, 0.3) is 0 Å². The molecule has 2 amide bonds. The predicted octanol–water partition coefficient (Wildman–Crippen LogP) is 1.89. The van der Waals surface area contributed by atoms with Gasteiger partial charge in [-0.1, -0.05) is 29.5 Å². The van der Waals surface area contributed by atoms with E-state index in [4.69, 9.17) is 5.14 Å². The van der Waals surface area contributed by atoms with Gasteiger partial charge in [0.25, 0.3) is 0 Å². The molecule has 2 aromatic rings. The van der Waals surface area contributed by atoms with Crippen molar-refractivity contribution < 1.29 is 26.4 Å². The van der Waals surface area contributed by atoms with Crippen molar-refractivity contribution in [1.82, 2.24) is 5.32 Å². The van der Waals surface area contributed by atoms with Crippen LogP contribution in [0.3, 0.4) is 0 Å². The number of aliphatic imine (C=N–C) groups is 1. The van der Waals surface area contributed by atoms with Gasteiger partial charge in [-0.3, -0.25) is 9.59 Å². The average Bonchev–Trinajstić information content (AvgIpc) is 3.03. The lowest BCUT2D eigenvalue weighted by atomic mass is 10.1. The lowest BCUT2D eigenvalue weighted by Gasteiger charge is -2.14. The molecule has 3 rings (SSSR count). The topological polar surface area (TPSA) is 177 Å². The number of nitrogens with two attached hydrogens (primary N) is 1. The number of rotatable bonds is 5. The van der Waals surface area contributed by atoms with Gasteiger partial charge in [0.15, 0.2) is 5.17 Å². The van der Waals surface area contributed by atoms with Gasteiger partial charge in [-0.15, -0.1) is 4.36 Å². The molecule has 1 saturated heterocycles. The Hall–Kier alpha value is -3.07. The Morgan fingerprint density at radius 1 is 1.19 bits per heavy atom. The molecule has 14 heteroatoms. The number of carbonyl (C=O) groups excluding carboxylic acids is 2. The minimum Gasteiger partial charge on any atom is -0.326 e. The normalized spacial score (nSPS) is 17.2. The van der Waals surface area contributed by atoms with Crippen molar-refractivity contribution in [1.29, 1.82) is 0 Å². The first-order valence-corrected chi connectivity index (χ1v) is 12.3. The highest BCUT2D eigenvalue weighted by Crippen LogP contribution is 2.40. The summed E-state index contributed by atoms with van der Waals surface area (Å²) in [5, 5.41) is 9.79. The third-order valence-electron chi connectivity index (χ3n) is 4.17. The molecule has 2 aromatic carbocycles. The van der Waals surface area contributed by atoms with Gasteiger partial charge in [0.1, 0.15) is 10.9 Å². The van der Waals surface area contributed by atoms with Crippen molar-refractivity contribution in [2.24, 2.45) is 14.5 Å². The maximum Gasteiger partial charge on any atom is 0.316 e. The van der Waals surface area contributed by atoms with Crippen LogP contribution in [0.2, 0.25) is 0 Å². The van der Waals surface area contributed by atoms with E-state index in [2.05, 4.69) is 20.0 Å². The van der Waals surface area contributed by atoms with Gasteiger partial charge in [0, 0.05) is 12.6 Å². The second-order valence-corrected chi connectivity index (χ2v) is 9.95. The SMILES string of the molecule is CC(=O)Nc1ccc(C)cc1C1SC(=Nc2ccc(S(N)(=O)=O)cc2N=S(=O)=O)NC1=O. The lowest BCUT2D eigenvalue weighted by Crippen LogP contribution is -2.22. The summed E-state index contributed by atoms with van der Waals surface area (Å²) in [5.41, 5.74) is 1.68. The number of nitrogens with zero attached hydrogens (tertiary/aromatic N) is 2. The summed E-state index contributed by atoms with van der Waals surface area (Å²) in [4.78, 5) is 28.0. The van der Waals surface area contributed by atoms with E-state index >= 15 is 0 Å². The summed E-state index contributed by atoms with van der Waals surface area (Å²) in [6.45, 7) is 3.20. The van der Waals surface area contributed by atoms with Crippen molar-refractivity contribution in [3.63, 3.8) is 0 Å². The molecule has 1 aliphatic heterocycles. The summed E-state index contributed by atoms with van der Waals surface area (Å²) >= 11 is 1.05. The maximum atomic E-state index is 12.6. The molecule has 11 nitrogen and oxygen atoms in total. The van der Waals surface area contributed by atoms with E-state index in [1.807, 2.05) is 6.92 Å². The quantitative estimate of drug-likeness (QED) is 0.567. The summed E-state index contributed by atoms with van der Waals surface area (Å²) in [6.07, 6.45) is 0. The molecule has 0 bridgehead atoms. The molecule has 0 spiro atoms. The van der Waals surface area contributed by atoms with Crippen molar-refractivity contribution in [3.8, 4) is 0 Å². The molecule has 0 aromatic heterocycles. The first-order valence-electron chi connectivity index (χ1n) is 8.86. The van der Waals surface area contributed by atoms with Crippen LogP contribution in [0.4, 0.5) is 17.1 Å². The Morgan fingerprint density at radius 3 is 2.53 bits per heavy atom. The molecule has 0 radical (unpaired) electrons. The highest BCUT2D eigenvalue weighted by Gasteiger charge is 2.33. The van der Waals surface area contributed by atoms with Crippen molar-refractivity contribution in [3.05, 3.63) is 47.5 Å². The lowest BCUT2D eigenvalue weighted by molar-refractivity contribution is -0.119. The van der Waals surface area contributed by atoms with Crippen LogP contribution in [0, 0.1) is 6.92 Å². The summed E-state index contributed by atoms with van der Waals surface area (Å²) in [5.74, 6) is -0.683. The number of thioether (sulfide) groups is 1. The Balaban J connectivity index is 2.02. The third kappa shape index (κ3) is 5.59. The van der Waals surface area contributed by atoms with Crippen LogP contribution in [0.15, 0.2) is 50.6 Å². The van der Waals surface area contributed by atoms with Crippen LogP contribution in [-0.2, 0) is 30.1 Å². The van der Waals surface area contributed by atoms with Crippen LogP contribution in [0.1, 0.15) is 23.3 Å².